The predicted octanol–water partition coefficient (Wildman–Crippen LogP) is 3.45. The molecule has 0 bridgehead atoms. The number of rotatable bonds is 8. The number of ether oxygens (including phenoxy) is 3. The lowest BCUT2D eigenvalue weighted by molar-refractivity contribution is -0.157. The highest BCUT2D eigenvalue weighted by Gasteiger charge is 2.25. The van der Waals surface area contributed by atoms with Crippen LogP contribution in [0.4, 0.5) is 0 Å². The van der Waals surface area contributed by atoms with Crippen molar-refractivity contribution in [1.82, 2.24) is 5.32 Å². The number of aromatic hydroxyl groups is 1. The molecule has 0 saturated carbocycles. The van der Waals surface area contributed by atoms with E-state index in [1.54, 1.807) is 12.1 Å². The predicted molar refractivity (Wildman–Crippen MR) is 108 cm³/mol. The highest BCUT2D eigenvalue weighted by atomic mass is 16.6. The van der Waals surface area contributed by atoms with Crippen LogP contribution in [0, 0.1) is 0 Å². The van der Waals surface area contributed by atoms with Crippen molar-refractivity contribution in [1.29, 1.82) is 0 Å². The number of hydrogen-bond donors (Lipinski definition) is 2. The lowest BCUT2D eigenvalue weighted by atomic mass is 10.0. The highest BCUT2D eigenvalue weighted by molar-refractivity contribution is 5.76. The zero-order valence-electron chi connectivity index (χ0n) is 17.1. The molecule has 2 aromatic rings. The van der Waals surface area contributed by atoms with Crippen molar-refractivity contribution in [3.63, 3.8) is 0 Å². The van der Waals surface area contributed by atoms with Crippen LogP contribution in [0.5, 0.6) is 17.2 Å². The minimum atomic E-state index is -0.571. The number of hydrogen-bond acceptors (Lipinski definition) is 6. The molecule has 2 rings (SSSR count). The van der Waals surface area contributed by atoms with Gasteiger partial charge in [-0.1, -0.05) is 30.3 Å². The highest BCUT2D eigenvalue weighted by Crippen LogP contribution is 2.37. The standard InChI is InChI=1S/C22H29NO5/c1-22(2,3)28-21(25)17(11-15-9-7-6-8-10-15)23-14-16-12-18(26-4)20(24)19(13-16)27-5/h6-10,12-13,17,23-24H,11,14H2,1-5H3/t17-/m1/s1. The van der Waals surface area contributed by atoms with Crippen molar-refractivity contribution in [3.05, 3.63) is 53.6 Å². The molecule has 0 aliphatic rings. The minimum Gasteiger partial charge on any atom is -0.502 e. The van der Waals surface area contributed by atoms with Gasteiger partial charge >= 0.3 is 5.97 Å². The van der Waals surface area contributed by atoms with Gasteiger partial charge in [-0.3, -0.25) is 4.79 Å². The first-order chi connectivity index (χ1) is 13.2. The zero-order chi connectivity index (χ0) is 20.7. The van der Waals surface area contributed by atoms with Gasteiger partial charge in [0.1, 0.15) is 11.6 Å². The van der Waals surface area contributed by atoms with Crippen LogP contribution in [0.15, 0.2) is 42.5 Å². The van der Waals surface area contributed by atoms with Crippen molar-refractivity contribution in [2.45, 2.75) is 45.4 Å². The lowest BCUT2D eigenvalue weighted by Gasteiger charge is -2.25. The Kier molecular flexibility index (Phi) is 7.29. The van der Waals surface area contributed by atoms with Crippen molar-refractivity contribution in [2.24, 2.45) is 0 Å². The number of benzene rings is 2. The molecule has 0 fully saturated rings. The second-order valence-electron chi connectivity index (χ2n) is 7.51. The third-order valence-corrected chi connectivity index (χ3v) is 4.07. The molecule has 0 unspecified atom stereocenters. The summed E-state index contributed by atoms with van der Waals surface area (Å²) >= 11 is 0. The van der Waals surface area contributed by atoms with E-state index in [-0.39, 0.29) is 11.7 Å². The molecule has 2 aromatic carbocycles. The van der Waals surface area contributed by atoms with Crippen molar-refractivity contribution in [3.8, 4) is 17.2 Å². The molecular weight excluding hydrogens is 358 g/mol. The molecule has 0 saturated heterocycles. The van der Waals surface area contributed by atoms with E-state index in [1.807, 2.05) is 51.1 Å². The number of methoxy groups -OCH3 is 2. The van der Waals surface area contributed by atoms with E-state index in [2.05, 4.69) is 5.32 Å². The molecule has 1 atom stereocenters. The number of carbonyl (C=O) groups is 1. The van der Waals surface area contributed by atoms with E-state index in [4.69, 9.17) is 14.2 Å². The second kappa shape index (κ2) is 9.46. The molecule has 0 spiro atoms. The van der Waals surface area contributed by atoms with Gasteiger partial charge in [0.15, 0.2) is 11.5 Å². The first-order valence-corrected chi connectivity index (χ1v) is 9.17. The van der Waals surface area contributed by atoms with Crippen LogP contribution in [-0.2, 0) is 22.5 Å². The Hall–Kier alpha value is -2.73. The zero-order valence-corrected chi connectivity index (χ0v) is 17.1. The van der Waals surface area contributed by atoms with Gasteiger partial charge in [0.25, 0.3) is 0 Å². The molecule has 0 amide bonds. The summed E-state index contributed by atoms with van der Waals surface area (Å²) < 4.78 is 16.0. The van der Waals surface area contributed by atoms with Crippen LogP contribution in [0.25, 0.3) is 0 Å². The summed E-state index contributed by atoms with van der Waals surface area (Å²) in [7, 11) is 2.95. The normalized spacial score (nSPS) is 12.3. The summed E-state index contributed by atoms with van der Waals surface area (Å²) in [5, 5.41) is 13.3. The molecule has 0 aliphatic carbocycles. The molecule has 0 radical (unpaired) electrons. The van der Waals surface area contributed by atoms with E-state index in [1.165, 1.54) is 14.2 Å². The Labute approximate surface area is 166 Å². The summed E-state index contributed by atoms with van der Waals surface area (Å²) in [6.45, 7) is 5.92. The SMILES string of the molecule is COc1cc(CN[C@H](Cc2ccccc2)C(=O)OC(C)(C)C)cc(OC)c1O. The molecule has 152 valence electrons. The van der Waals surface area contributed by atoms with Crippen LogP contribution in [0.3, 0.4) is 0 Å². The third-order valence-electron chi connectivity index (χ3n) is 4.07. The number of phenolic OH excluding ortho intramolecular Hbond substituents is 1. The summed E-state index contributed by atoms with van der Waals surface area (Å²) in [6, 6.07) is 12.7. The first kappa shape index (κ1) is 21.6. The van der Waals surface area contributed by atoms with Crippen molar-refractivity contribution >= 4 is 5.97 Å². The van der Waals surface area contributed by atoms with Gasteiger partial charge in [-0.05, 0) is 50.5 Å². The Morgan fingerprint density at radius 1 is 1.04 bits per heavy atom. The smallest absolute Gasteiger partial charge is 0.324 e. The van der Waals surface area contributed by atoms with Crippen LogP contribution in [0.2, 0.25) is 0 Å². The molecule has 0 aromatic heterocycles. The van der Waals surface area contributed by atoms with Crippen LogP contribution < -0.4 is 14.8 Å². The summed E-state index contributed by atoms with van der Waals surface area (Å²) in [5.74, 6) is 0.261. The maximum atomic E-state index is 12.7. The first-order valence-electron chi connectivity index (χ1n) is 9.17. The summed E-state index contributed by atoms with van der Waals surface area (Å²) in [5.41, 5.74) is 1.28. The van der Waals surface area contributed by atoms with Crippen LogP contribution in [-0.4, -0.2) is 36.9 Å². The van der Waals surface area contributed by atoms with Crippen LogP contribution >= 0.6 is 0 Å². The van der Waals surface area contributed by atoms with E-state index >= 15 is 0 Å². The van der Waals surface area contributed by atoms with Gasteiger partial charge in [0.05, 0.1) is 14.2 Å². The molecule has 6 nitrogen and oxygen atoms in total. The van der Waals surface area contributed by atoms with Crippen LogP contribution in [0.1, 0.15) is 31.9 Å². The molecule has 0 heterocycles. The average Bonchev–Trinajstić information content (AvgIpc) is 2.65. The maximum Gasteiger partial charge on any atom is 0.324 e. The summed E-state index contributed by atoms with van der Waals surface area (Å²) in [4.78, 5) is 12.7. The topological polar surface area (TPSA) is 77.0 Å². The second-order valence-corrected chi connectivity index (χ2v) is 7.51. The van der Waals surface area contributed by atoms with Gasteiger partial charge in [0, 0.05) is 6.54 Å². The van der Waals surface area contributed by atoms with Crippen molar-refractivity contribution in [2.75, 3.05) is 14.2 Å². The van der Waals surface area contributed by atoms with E-state index in [0.29, 0.717) is 24.5 Å². The Morgan fingerprint density at radius 3 is 2.11 bits per heavy atom. The fourth-order valence-electron chi connectivity index (χ4n) is 2.75. The fraction of sp³-hybridized carbons (Fsp3) is 0.409. The fourth-order valence-corrected chi connectivity index (χ4v) is 2.75. The quantitative estimate of drug-likeness (QED) is 0.676. The van der Waals surface area contributed by atoms with Gasteiger partial charge in [-0.2, -0.15) is 0 Å². The molecule has 6 heteroatoms. The minimum absolute atomic E-state index is 0.0540. The number of phenols is 1. The van der Waals surface area contributed by atoms with E-state index < -0.39 is 11.6 Å². The van der Waals surface area contributed by atoms with Gasteiger partial charge in [-0.15, -0.1) is 0 Å². The number of carbonyl (C=O) groups excluding carboxylic acids is 1. The Morgan fingerprint density at radius 2 is 1.61 bits per heavy atom. The number of nitrogens with one attached hydrogen (secondary N) is 1. The molecular formula is C22H29NO5. The van der Waals surface area contributed by atoms with Gasteiger partial charge in [-0.25, -0.2) is 0 Å². The molecule has 0 aliphatic heterocycles. The molecule has 2 N–H and O–H groups in total. The monoisotopic (exact) mass is 387 g/mol. The van der Waals surface area contributed by atoms with E-state index in [9.17, 15) is 9.90 Å². The molecule has 28 heavy (non-hydrogen) atoms. The van der Waals surface area contributed by atoms with Gasteiger partial charge in [0.2, 0.25) is 5.75 Å². The lowest BCUT2D eigenvalue weighted by Crippen LogP contribution is -2.42. The average molecular weight is 387 g/mol. The van der Waals surface area contributed by atoms with E-state index in [0.717, 1.165) is 11.1 Å². The Balaban J connectivity index is 2.19. The van der Waals surface area contributed by atoms with Gasteiger partial charge < -0.3 is 24.6 Å². The maximum absolute atomic E-state index is 12.7. The van der Waals surface area contributed by atoms with Crippen molar-refractivity contribution < 1.29 is 24.1 Å². The Bertz CT molecular complexity index is 758. The summed E-state index contributed by atoms with van der Waals surface area (Å²) in [6.07, 6.45) is 0.502. The number of esters is 1. The largest absolute Gasteiger partial charge is 0.502 e. The third kappa shape index (κ3) is 6.16.